The number of quaternary nitrogens is 1. The Bertz CT molecular complexity index is 203. The van der Waals surface area contributed by atoms with Crippen molar-refractivity contribution < 1.29 is 4.48 Å². The van der Waals surface area contributed by atoms with Crippen molar-refractivity contribution in [2.45, 2.75) is 32.6 Å². The van der Waals surface area contributed by atoms with Crippen molar-refractivity contribution in [3.8, 4) is 0 Å². The SMILES string of the molecule is CCCC[N+]1(C)C[C@H]2CC=CC[C@@H]2C1. The molecule has 0 bridgehead atoms. The van der Waals surface area contributed by atoms with E-state index in [9.17, 15) is 0 Å². The maximum atomic E-state index is 2.47. The number of nitrogens with zero attached hydrogens (tertiary/aromatic N) is 1. The van der Waals surface area contributed by atoms with Gasteiger partial charge in [-0.25, -0.2) is 0 Å². The summed E-state index contributed by atoms with van der Waals surface area (Å²) in [6.07, 6.45) is 10.3. The standard InChI is InChI=1S/C13H24N/c1-3-4-9-14(2)10-12-7-5-6-8-13(12)11-14/h5-6,12-13H,3-4,7-11H2,1-2H3/q+1/t12-,13-/m1/s1. The van der Waals surface area contributed by atoms with E-state index in [1.807, 2.05) is 0 Å². The molecule has 0 radical (unpaired) electrons. The van der Waals surface area contributed by atoms with Crippen molar-refractivity contribution in [2.75, 3.05) is 26.7 Å². The van der Waals surface area contributed by atoms with Gasteiger partial charge in [-0.15, -0.1) is 0 Å². The van der Waals surface area contributed by atoms with Gasteiger partial charge < -0.3 is 4.48 Å². The van der Waals surface area contributed by atoms with E-state index in [1.54, 1.807) is 0 Å². The second-order valence-electron chi connectivity index (χ2n) is 5.52. The van der Waals surface area contributed by atoms with Crippen molar-refractivity contribution in [3.05, 3.63) is 12.2 Å². The van der Waals surface area contributed by atoms with Crippen LogP contribution in [0.4, 0.5) is 0 Å². The van der Waals surface area contributed by atoms with E-state index < -0.39 is 0 Å². The van der Waals surface area contributed by atoms with Crippen LogP contribution in [0.5, 0.6) is 0 Å². The van der Waals surface area contributed by atoms with Crippen molar-refractivity contribution in [1.82, 2.24) is 0 Å². The Balaban J connectivity index is 1.92. The third-order valence-corrected chi connectivity index (χ3v) is 4.11. The molecule has 1 fully saturated rings. The topological polar surface area (TPSA) is 0 Å². The fourth-order valence-electron chi connectivity index (χ4n) is 3.30. The maximum Gasteiger partial charge on any atom is 0.0821 e. The molecule has 1 nitrogen and oxygen atoms in total. The van der Waals surface area contributed by atoms with Gasteiger partial charge in [-0.3, -0.25) is 0 Å². The normalized spacial score (nSPS) is 34.4. The van der Waals surface area contributed by atoms with E-state index in [1.165, 1.54) is 49.8 Å². The summed E-state index contributed by atoms with van der Waals surface area (Å²) < 4.78 is 1.35. The van der Waals surface area contributed by atoms with Gasteiger partial charge in [0.05, 0.1) is 26.7 Å². The largest absolute Gasteiger partial charge is 0.326 e. The van der Waals surface area contributed by atoms with Crippen LogP contribution in [0.25, 0.3) is 0 Å². The number of unbranched alkanes of at least 4 members (excludes halogenated alkanes) is 1. The molecule has 1 heteroatoms. The molecule has 80 valence electrons. The first-order valence-corrected chi connectivity index (χ1v) is 6.22. The van der Waals surface area contributed by atoms with Gasteiger partial charge in [-0.2, -0.15) is 0 Å². The second-order valence-corrected chi connectivity index (χ2v) is 5.52. The van der Waals surface area contributed by atoms with E-state index >= 15 is 0 Å². The lowest BCUT2D eigenvalue weighted by atomic mass is 9.86. The van der Waals surface area contributed by atoms with E-state index in [4.69, 9.17) is 0 Å². The molecule has 1 heterocycles. The third kappa shape index (κ3) is 2.03. The summed E-state index contributed by atoms with van der Waals surface area (Å²) in [5.74, 6) is 2.00. The first-order valence-electron chi connectivity index (χ1n) is 6.22. The average molecular weight is 194 g/mol. The maximum absolute atomic E-state index is 2.47. The Morgan fingerprint density at radius 3 is 2.21 bits per heavy atom. The second kappa shape index (κ2) is 4.06. The summed E-state index contributed by atoms with van der Waals surface area (Å²) in [4.78, 5) is 0. The van der Waals surface area contributed by atoms with Gasteiger partial charge in [-0.1, -0.05) is 25.5 Å². The average Bonchev–Trinajstić information content (AvgIpc) is 2.51. The Morgan fingerprint density at radius 2 is 1.71 bits per heavy atom. The molecule has 0 N–H and O–H groups in total. The van der Waals surface area contributed by atoms with Gasteiger partial charge >= 0.3 is 0 Å². The monoisotopic (exact) mass is 194 g/mol. The predicted octanol–water partition coefficient (Wildman–Crippen LogP) is 2.83. The highest BCUT2D eigenvalue weighted by Crippen LogP contribution is 2.36. The quantitative estimate of drug-likeness (QED) is 0.479. The number of rotatable bonds is 3. The zero-order chi connectivity index (χ0) is 10.0. The lowest BCUT2D eigenvalue weighted by Gasteiger charge is -2.29. The molecule has 0 amide bonds. The highest BCUT2D eigenvalue weighted by Gasteiger charge is 2.41. The molecule has 0 spiro atoms. The molecule has 1 saturated heterocycles. The molecule has 1 aliphatic heterocycles. The van der Waals surface area contributed by atoms with Gasteiger partial charge in [0.15, 0.2) is 0 Å². The third-order valence-electron chi connectivity index (χ3n) is 4.11. The molecule has 2 rings (SSSR count). The lowest BCUT2D eigenvalue weighted by Crippen LogP contribution is -2.42. The highest BCUT2D eigenvalue weighted by molar-refractivity contribution is 4.96. The summed E-state index contributed by atoms with van der Waals surface area (Å²) in [6.45, 7) is 6.59. The minimum atomic E-state index is 1.00. The van der Waals surface area contributed by atoms with Gasteiger partial charge in [0.1, 0.15) is 0 Å². The Hall–Kier alpha value is -0.300. The zero-order valence-electron chi connectivity index (χ0n) is 9.71. The van der Waals surface area contributed by atoms with Crippen molar-refractivity contribution in [2.24, 2.45) is 11.8 Å². The van der Waals surface area contributed by atoms with E-state index in [-0.39, 0.29) is 0 Å². The van der Waals surface area contributed by atoms with Gasteiger partial charge in [0.25, 0.3) is 0 Å². The molecule has 0 aromatic carbocycles. The minimum absolute atomic E-state index is 1.00. The van der Waals surface area contributed by atoms with Crippen LogP contribution >= 0.6 is 0 Å². The number of hydrogen-bond donors (Lipinski definition) is 0. The summed E-state index contributed by atoms with van der Waals surface area (Å²) in [5.41, 5.74) is 0. The molecule has 2 aliphatic rings. The Morgan fingerprint density at radius 1 is 1.14 bits per heavy atom. The summed E-state index contributed by atoms with van der Waals surface area (Å²) in [7, 11) is 2.47. The van der Waals surface area contributed by atoms with Crippen LogP contribution in [0.3, 0.4) is 0 Å². The molecule has 0 unspecified atom stereocenters. The Kier molecular flexibility index (Phi) is 2.96. The van der Waals surface area contributed by atoms with Crippen LogP contribution in [0, 0.1) is 11.8 Å². The molecular formula is C13H24N+. The molecule has 1 aliphatic carbocycles. The van der Waals surface area contributed by atoms with Crippen molar-refractivity contribution in [3.63, 3.8) is 0 Å². The van der Waals surface area contributed by atoms with E-state index in [0.29, 0.717) is 0 Å². The number of fused-ring (bicyclic) bond motifs is 1. The summed E-state index contributed by atoms with van der Waals surface area (Å²) >= 11 is 0. The van der Waals surface area contributed by atoms with Crippen LogP contribution in [0.15, 0.2) is 12.2 Å². The van der Waals surface area contributed by atoms with Gasteiger partial charge in [0, 0.05) is 11.8 Å². The van der Waals surface area contributed by atoms with Crippen LogP contribution < -0.4 is 0 Å². The molecular weight excluding hydrogens is 170 g/mol. The number of hydrogen-bond acceptors (Lipinski definition) is 0. The van der Waals surface area contributed by atoms with Crippen molar-refractivity contribution >= 4 is 0 Å². The van der Waals surface area contributed by atoms with E-state index in [2.05, 4.69) is 26.1 Å². The van der Waals surface area contributed by atoms with E-state index in [0.717, 1.165) is 11.8 Å². The number of allylic oxidation sites excluding steroid dienone is 2. The first-order chi connectivity index (χ1) is 6.73. The molecule has 0 saturated carbocycles. The van der Waals surface area contributed by atoms with Gasteiger partial charge in [0.2, 0.25) is 0 Å². The molecule has 0 aromatic heterocycles. The smallest absolute Gasteiger partial charge is 0.0821 e. The van der Waals surface area contributed by atoms with Crippen LogP contribution in [-0.4, -0.2) is 31.2 Å². The van der Waals surface area contributed by atoms with Gasteiger partial charge in [-0.05, 0) is 19.3 Å². The fourth-order valence-corrected chi connectivity index (χ4v) is 3.30. The zero-order valence-corrected chi connectivity index (χ0v) is 9.71. The van der Waals surface area contributed by atoms with Crippen molar-refractivity contribution in [1.29, 1.82) is 0 Å². The molecule has 14 heavy (non-hydrogen) atoms. The molecule has 2 atom stereocenters. The minimum Gasteiger partial charge on any atom is -0.326 e. The lowest BCUT2D eigenvalue weighted by molar-refractivity contribution is -0.900. The predicted molar refractivity (Wildman–Crippen MR) is 61.0 cm³/mol. The highest BCUT2D eigenvalue weighted by atomic mass is 15.3. The molecule has 0 aromatic rings. The fraction of sp³-hybridized carbons (Fsp3) is 0.846. The van der Waals surface area contributed by atoms with Crippen LogP contribution in [0.1, 0.15) is 32.6 Å². The first kappa shape index (κ1) is 10.2. The summed E-state index contributed by atoms with van der Waals surface area (Å²) in [6, 6.07) is 0. The summed E-state index contributed by atoms with van der Waals surface area (Å²) in [5, 5.41) is 0. The van der Waals surface area contributed by atoms with Crippen LogP contribution in [-0.2, 0) is 0 Å². The van der Waals surface area contributed by atoms with Crippen LogP contribution in [0.2, 0.25) is 0 Å². The Labute approximate surface area is 88.4 Å². The number of likely N-dealkylation sites (tertiary alicyclic amines) is 1.